The number of nitrogens with one attached hydrogen (secondary N) is 2. The fourth-order valence-electron chi connectivity index (χ4n) is 2.96. The van der Waals surface area contributed by atoms with Crippen molar-refractivity contribution in [1.82, 2.24) is 10.2 Å². The first-order valence-electron chi connectivity index (χ1n) is 9.04. The van der Waals surface area contributed by atoms with Crippen LogP contribution in [0.2, 0.25) is 0 Å². The molecule has 0 aliphatic carbocycles. The molecule has 5 nitrogen and oxygen atoms in total. The molecule has 0 fully saturated rings. The van der Waals surface area contributed by atoms with Gasteiger partial charge >= 0.3 is 0 Å². The van der Waals surface area contributed by atoms with Gasteiger partial charge in [0.15, 0.2) is 5.82 Å². The van der Waals surface area contributed by atoms with E-state index in [2.05, 4.69) is 15.5 Å². The molecule has 1 aromatic heterocycles. The summed E-state index contributed by atoms with van der Waals surface area (Å²) in [5.41, 5.74) is 2.46. The number of amides is 1. The first-order chi connectivity index (χ1) is 14.5. The van der Waals surface area contributed by atoms with Crippen molar-refractivity contribution in [1.29, 1.82) is 0 Å². The molecule has 2 N–H and O–H groups in total. The topological polar surface area (TPSA) is 67.0 Å². The second-order valence-corrected chi connectivity index (χ2v) is 6.90. The Morgan fingerprint density at radius 2 is 1.73 bits per heavy atom. The SMILES string of the molecule is O=C(Nc1n[nH]c2ccc(OCc3cc(F)cc(F)c3)cc12)c1ccc(CCl)cc1. The number of aromatic amines is 1. The summed E-state index contributed by atoms with van der Waals surface area (Å²) in [5, 5.41) is 10.4. The fraction of sp³-hybridized carbons (Fsp3) is 0.0909. The van der Waals surface area contributed by atoms with Crippen LogP contribution in [0.25, 0.3) is 10.9 Å². The summed E-state index contributed by atoms with van der Waals surface area (Å²) in [6, 6.07) is 15.3. The number of alkyl halides is 1. The number of anilines is 1. The molecule has 1 heterocycles. The molecule has 0 aliphatic rings. The number of rotatable bonds is 6. The maximum absolute atomic E-state index is 13.3. The number of benzene rings is 3. The molecule has 0 unspecified atom stereocenters. The molecule has 0 bridgehead atoms. The maximum atomic E-state index is 13.3. The number of aromatic nitrogens is 2. The van der Waals surface area contributed by atoms with Gasteiger partial charge in [-0.3, -0.25) is 9.89 Å². The first kappa shape index (κ1) is 19.8. The van der Waals surface area contributed by atoms with Gasteiger partial charge in [0.1, 0.15) is 24.0 Å². The number of hydrogen-bond acceptors (Lipinski definition) is 3. The number of nitrogens with zero attached hydrogens (tertiary/aromatic N) is 1. The van der Waals surface area contributed by atoms with E-state index in [1.165, 1.54) is 12.1 Å². The van der Waals surface area contributed by atoms with Crippen LogP contribution in [0.5, 0.6) is 5.75 Å². The zero-order chi connectivity index (χ0) is 21.1. The van der Waals surface area contributed by atoms with E-state index in [-0.39, 0.29) is 12.5 Å². The highest BCUT2D eigenvalue weighted by molar-refractivity contribution is 6.17. The average molecular weight is 428 g/mol. The smallest absolute Gasteiger partial charge is 0.256 e. The quantitative estimate of drug-likeness (QED) is 0.404. The summed E-state index contributed by atoms with van der Waals surface area (Å²) in [4.78, 5) is 12.5. The largest absolute Gasteiger partial charge is 0.489 e. The van der Waals surface area contributed by atoms with Crippen LogP contribution < -0.4 is 10.1 Å². The highest BCUT2D eigenvalue weighted by atomic mass is 35.5. The van der Waals surface area contributed by atoms with Gasteiger partial charge in [-0.1, -0.05) is 12.1 Å². The molecule has 0 aliphatic heterocycles. The minimum absolute atomic E-state index is 0.00729. The minimum atomic E-state index is -0.664. The summed E-state index contributed by atoms with van der Waals surface area (Å²) in [7, 11) is 0. The fourth-order valence-corrected chi connectivity index (χ4v) is 3.14. The van der Waals surface area contributed by atoms with Crippen LogP contribution in [0.1, 0.15) is 21.5 Å². The van der Waals surface area contributed by atoms with Crippen LogP contribution in [0.3, 0.4) is 0 Å². The van der Waals surface area contributed by atoms with Crippen molar-refractivity contribution < 1.29 is 18.3 Å². The van der Waals surface area contributed by atoms with Crippen LogP contribution in [0, 0.1) is 11.6 Å². The Morgan fingerprint density at radius 1 is 1.00 bits per heavy atom. The number of carbonyl (C=O) groups is 1. The second-order valence-electron chi connectivity index (χ2n) is 6.63. The number of ether oxygens (including phenoxy) is 1. The Morgan fingerprint density at radius 3 is 2.43 bits per heavy atom. The Kier molecular flexibility index (Phi) is 5.63. The van der Waals surface area contributed by atoms with E-state index >= 15 is 0 Å². The van der Waals surface area contributed by atoms with Gasteiger partial charge in [0.05, 0.1) is 5.52 Å². The molecule has 0 radical (unpaired) electrons. The summed E-state index contributed by atoms with van der Waals surface area (Å²) in [6.45, 7) is -0.00729. The lowest BCUT2D eigenvalue weighted by atomic mass is 10.1. The summed E-state index contributed by atoms with van der Waals surface area (Å²) in [5.74, 6) is -0.456. The molecule has 4 aromatic rings. The lowest BCUT2D eigenvalue weighted by Crippen LogP contribution is -2.12. The first-order valence-corrected chi connectivity index (χ1v) is 9.57. The summed E-state index contributed by atoms with van der Waals surface area (Å²) >= 11 is 5.77. The Bertz CT molecular complexity index is 1190. The normalized spacial score (nSPS) is 10.9. The third-order valence-electron chi connectivity index (χ3n) is 4.46. The van der Waals surface area contributed by atoms with Gasteiger partial charge in [0, 0.05) is 22.9 Å². The van der Waals surface area contributed by atoms with Crippen molar-refractivity contribution in [2.45, 2.75) is 12.5 Å². The number of fused-ring (bicyclic) bond motifs is 1. The van der Waals surface area contributed by atoms with Gasteiger partial charge in [-0.05, 0) is 53.6 Å². The molecule has 0 spiro atoms. The summed E-state index contributed by atoms with van der Waals surface area (Å²) < 4.78 is 32.3. The number of hydrogen-bond donors (Lipinski definition) is 2. The molecular formula is C22H16ClF2N3O2. The predicted octanol–water partition coefficient (Wildman–Crippen LogP) is 5.41. The molecule has 4 rings (SSSR count). The summed E-state index contributed by atoms with van der Waals surface area (Å²) in [6.07, 6.45) is 0. The van der Waals surface area contributed by atoms with Crippen molar-refractivity contribution in [2.24, 2.45) is 0 Å². The molecule has 0 saturated heterocycles. The van der Waals surface area contributed by atoms with Gasteiger partial charge in [0.25, 0.3) is 5.91 Å². The Balaban J connectivity index is 1.51. The third kappa shape index (κ3) is 4.41. The Hall–Kier alpha value is -3.45. The van der Waals surface area contributed by atoms with Gasteiger partial charge in [-0.25, -0.2) is 8.78 Å². The second kappa shape index (κ2) is 8.51. The van der Waals surface area contributed by atoms with E-state index in [4.69, 9.17) is 16.3 Å². The van der Waals surface area contributed by atoms with Gasteiger partial charge < -0.3 is 10.1 Å². The molecule has 0 atom stereocenters. The van der Waals surface area contributed by atoms with Crippen molar-refractivity contribution in [3.63, 3.8) is 0 Å². The van der Waals surface area contributed by atoms with E-state index in [1.54, 1.807) is 42.5 Å². The lowest BCUT2D eigenvalue weighted by Gasteiger charge is -2.08. The van der Waals surface area contributed by atoms with Crippen LogP contribution in [-0.4, -0.2) is 16.1 Å². The van der Waals surface area contributed by atoms with E-state index in [0.29, 0.717) is 39.5 Å². The van der Waals surface area contributed by atoms with Gasteiger partial charge in [-0.15, -0.1) is 11.6 Å². The van der Waals surface area contributed by atoms with Crippen LogP contribution in [0.4, 0.5) is 14.6 Å². The number of H-pyrrole nitrogens is 1. The molecule has 0 saturated carbocycles. The van der Waals surface area contributed by atoms with E-state index in [9.17, 15) is 13.6 Å². The van der Waals surface area contributed by atoms with Crippen molar-refractivity contribution in [3.05, 3.63) is 89.0 Å². The van der Waals surface area contributed by atoms with Crippen LogP contribution >= 0.6 is 11.6 Å². The molecule has 152 valence electrons. The molecule has 1 amide bonds. The van der Waals surface area contributed by atoms with E-state index in [0.717, 1.165) is 11.6 Å². The predicted molar refractivity (Wildman–Crippen MR) is 111 cm³/mol. The van der Waals surface area contributed by atoms with Crippen molar-refractivity contribution in [2.75, 3.05) is 5.32 Å². The molecule has 30 heavy (non-hydrogen) atoms. The lowest BCUT2D eigenvalue weighted by molar-refractivity contribution is 0.102. The van der Waals surface area contributed by atoms with Crippen molar-refractivity contribution in [3.8, 4) is 5.75 Å². The maximum Gasteiger partial charge on any atom is 0.256 e. The van der Waals surface area contributed by atoms with E-state index in [1.807, 2.05) is 0 Å². The highest BCUT2D eigenvalue weighted by Gasteiger charge is 2.12. The van der Waals surface area contributed by atoms with Gasteiger partial charge in [-0.2, -0.15) is 5.10 Å². The number of carbonyl (C=O) groups excluding carboxylic acids is 1. The zero-order valence-electron chi connectivity index (χ0n) is 15.6. The third-order valence-corrected chi connectivity index (χ3v) is 4.77. The zero-order valence-corrected chi connectivity index (χ0v) is 16.3. The molecule has 8 heteroatoms. The number of halogens is 3. The van der Waals surface area contributed by atoms with Gasteiger partial charge in [0.2, 0.25) is 0 Å². The molecular weight excluding hydrogens is 412 g/mol. The highest BCUT2D eigenvalue weighted by Crippen LogP contribution is 2.26. The molecule has 3 aromatic carbocycles. The monoisotopic (exact) mass is 427 g/mol. The Labute approximate surface area is 175 Å². The minimum Gasteiger partial charge on any atom is -0.489 e. The van der Waals surface area contributed by atoms with Crippen LogP contribution in [0.15, 0.2) is 60.7 Å². The van der Waals surface area contributed by atoms with Crippen molar-refractivity contribution >= 4 is 34.2 Å². The van der Waals surface area contributed by atoms with Crippen LogP contribution in [-0.2, 0) is 12.5 Å². The average Bonchev–Trinajstić information content (AvgIpc) is 3.13. The standard InChI is InChI=1S/C22H16ClF2N3O2/c23-11-13-1-3-15(4-2-13)22(29)26-21-19-10-18(5-6-20(19)27-28-21)30-12-14-7-16(24)9-17(25)8-14/h1-10H,11-12H2,(H2,26,27,28,29). The van der Waals surface area contributed by atoms with E-state index < -0.39 is 11.6 Å².